The number of aliphatic imine (C=N–C) groups is 1. The van der Waals surface area contributed by atoms with E-state index in [-0.39, 0.29) is 24.0 Å². The zero-order valence-corrected chi connectivity index (χ0v) is 20.0. The summed E-state index contributed by atoms with van der Waals surface area (Å²) in [6.45, 7) is 8.37. The molecule has 0 saturated carbocycles. The van der Waals surface area contributed by atoms with E-state index in [4.69, 9.17) is 4.74 Å². The zero-order valence-electron chi connectivity index (χ0n) is 17.6. The second kappa shape index (κ2) is 12.0. The maximum atomic E-state index is 5.45. The number of halogens is 1. The summed E-state index contributed by atoms with van der Waals surface area (Å²) in [5, 5.41) is 6.99. The topological polar surface area (TPSA) is 48.9 Å². The molecule has 0 amide bonds. The number of guanidine groups is 1. The SMILES string of the molecule is CCOCc1ccc(CNC(=NC)NC2CCN(c3ccc(C)cc3)C2)cc1.I. The third-order valence-electron chi connectivity index (χ3n) is 5.11. The van der Waals surface area contributed by atoms with Crippen molar-refractivity contribution in [1.29, 1.82) is 0 Å². The predicted molar refractivity (Wildman–Crippen MR) is 132 cm³/mol. The monoisotopic (exact) mass is 508 g/mol. The van der Waals surface area contributed by atoms with Gasteiger partial charge in [0, 0.05) is 45.0 Å². The summed E-state index contributed by atoms with van der Waals surface area (Å²) < 4.78 is 5.45. The largest absolute Gasteiger partial charge is 0.377 e. The van der Waals surface area contributed by atoms with Crippen LogP contribution in [0.5, 0.6) is 0 Å². The van der Waals surface area contributed by atoms with E-state index < -0.39 is 0 Å². The number of hydrogen-bond donors (Lipinski definition) is 2. The fourth-order valence-corrected chi connectivity index (χ4v) is 3.42. The molecule has 5 nitrogen and oxygen atoms in total. The lowest BCUT2D eigenvalue weighted by atomic mass is 10.1. The zero-order chi connectivity index (χ0) is 19.8. The molecule has 0 aliphatic carbocycles. The van der Waals surface area contributed by atoms with Gasteiger partial charge in [-0.15, -0.1) is 24.0 Å². The maximum Gasteiger partial charge on any atom is 0.191 e. The third kappa shape index (κ3) is 7.19. The number of nitrogens with one attached hydrogen (secondary N) is 2. The van der Waals surface area contributed by atoms with Gasteiger partial charge in [0.05, 0.1) is 6.61 Å². The molecule has 0 bridgehead atoms. The number of rotatable bonds is 7. The van der Waals surface area contributed by atoms with Gasteiger partial charge in [-0.2, -0.15) is 0 Å². The van der Waals surface area contributed by atoms with Crippen LogP contribution < -0.4 is 15.5 Å². The Morgan fingerprint density at radius 3 is 2.45 bits per heavy atom. The molecule has 3 rings (SSSR count). The maximum absolute atomic E-state index is 5.45. The Morgan fingerprint density at radius 1 is 1.10 bits per heavy atom. The number of benzene rings is 2. The first-order chi connectivity index (χ1) is 13.7. The lowest BCUT2D eigenvalue weighted by molar-refractivity contribution is 0.134. The van der Waals surface area contributed by atoms with E-state index in [9.17, 15) is 0 Å². The second-order valence-corrected chi connectivity index (χ2v) is 7.29. The number of aryl methyl sites for hydroxylation is 1. The van der Waals surface area contributed by atoms with Crippen molar-refractivity contribution >= 4 is 35.6 Å². The number of hydrogen-bond acceptors (Lipinski definition) is 3. The van der Waals surface area contributed by atoms with Crippen LogP contribution in [0.4, 0.5) is 5.69 Å². The lowest BCUT2D eigenvalue weighted by Gasteiger charge is -2.20. The van der Waals surface area contributed by atoms with Crippen LogP contribution in [0.1, 0.15) is 30.0 Å². The Morgan fingerprint density at radius 2 is 1.79 bits per heavy atom. The van der Waals surface area contributed by atoms with Gasteiger partial charge in [0.15, 0.2) is 5.96 Å². The molecule has 2 N–H and O–H groups in total. The number of ether oxygens (including phenoxy) is 1. The lowest BCUT2D eigenvalue weighted by Crippen LogP contribution is -2.44. The van der Waals surface area contributed by atoms with Crippen LogP contribution >= 0.6 is 24.0 Å². The Hall–Kier alpha value is -1.80. The first kappa shape index (κ1) is 23.5. The molecule has 0 spiro atoms. The molecular weight excluding hydrogens is 475 g/mol. The highest BCUT2D eigenvalue weighted by molar-refractivity contribution is 14.0. The van der Waals surface area contributed by atoms with Crippen LogP contribution in [0, 0.1) is 6.92 Å². The predicted octanol–water partition coefficient (Wildman–Crippen LogP) is 4.09. The summed E-state index contributed by atoms with van der Waals surface area (Å²) >= 11 is 0. The van der Waals surface area contributed by atoms with Crippen LogP contribution in [-0.4, -0.2) is 38.7 Å². The van der Waals surface area contributed by atoms with E-state index in [1.165, 1.54) is 22.4 Å². The summed E-state index contributed by atoms with van der Waals surface area (Å²) in [6.07, 6.45) is 1.11. The summed E-state index contributed by atoms with van der Waals surface area (Å²) in [5.41, 5.74) is 5.03. The molecule has 2 aromatic rings. The van der Waals surface area contributed by atoms with Gasteiger partial charge in [0.1, 0.15) is 0 Å². The van der Waals surface area contributed by atoms with Crippen LogP contribution in [0.3, 0.4) is 0 Å². The van der Waals surface area contributed by atoms with Gasteiger partial charge in [0.2, 0.25) is 0 Å². The van der Waals surface area contributed by atoms with Crippen LogP contribution in [-0.2, 0) is 17.9 Å². The normalized spacial score (nSPS) is 16.4. The van der Waals surface area contributed by atoms with Gasteiger partial charge in [0.25, 0.3) is 0 Å². The van der Waals surface area contributed by atoms with Crippen LogP contribution in [0.25, 0.3) is 0 Å². The van der Waals surface area contributed by atoms with E-state index in [0.717, 1.165) is 38.6 Å². The highest BCUT2D eigenvalue weighted by Crippen LogP contribution is 2.20. The van der Waals surface area contributed by atoms with E-state index in [0.29, 0.717) is 12.6 Å². The summed E-state index contributed by atoms with van der Waals surface area (Å²) in [6, 6.07) is 17.7. The first-order valence-corrected chi connectivity index (χ1v) is 10.1. The fraction of sp³-hybridized carbons (Fsp3) is 0.435. The molecule has 1 aliphatic rings. The van der Waals surface area contributed by atoms with Gasteiger partial charge in [-0.05, 0) is 43.5 Å². The average Bonchev–Trinajstić information content (AvgIpc) is 3.19. The van der Waals surface area contributed by atoms with E-state index in [1.807, 2.05) is 14.0 Å². The van der Waals surface area contributed by atoms with Gasteiger partial charge in [-0.25, -0.2) is 0 Å². The van der Waals surface area contributed by atoms with Crippen molar-refractivity contribution in [3.05, 3.63) is 65.2 Å². The van der Waals surface area contributed by atoms with Gasteiger partial charge in [-0.3, -0.25) is 4.99 Å². The fourth-order valence-electron chi connectivity index (χ4n) is 3.42. The summed E-state index contributed by atoms with van der Waals surface area (Å²) in [4.78, 5) is 6.82. The highest BCUT2D eigenvalue weighted by Gasteiger charge is 2.23. The number of nitrogens with zero attached hydrogens (tertiary/aromatic N) is 2. The van der Waals surface area contributed by atoms with Crippen molar-refractivity contribution in [2.45, 2.75) is 39.5 Å². The van der Waals surface area contributed by atoms with Crippen LogP contribution in [0.2, 0.25) is 0 Å². The molecular formula is C23H33IN4O. The molecule has 0 radical (unpaired) electrons. The first-order valence-electron chi connectivity index (χ1n) is 10.1. The molecule has 6 heteroatoms. The van der Waals surface area contributed by atoms with Gasteiger partial charge >= 0.3 is 0 Å². The molecule has 1 aliphatic heterocycles. The smallest absolute Gasteiger partial charge is 0.191 e. The van der Waals surface area contributed by atoms with E-state index >= 15 is 0 Å². The van der Waals surface area contributed by atoms with Crippen molar-refractivity contribution in [2.24, 2.45) is 4.99 Å². The van der Waals surface area contributed by atoms with Crippen molar-refractivity contribution in [1.82, 2.24) is 10.6 Å². The summed E-state index contributed by atoms with van der Waals surface area (Å²) in [7, 11) is 1.83. The van der Waals surface area contributed by atoms with Crippen molar-refractivity contribution in [3.8, 4) is 0 Å². The average molecular weight is 508 g/mol. The van der Waals surface area contributed by atoms with Crippen molar-refractivity contribution < 1.29 is 4.74 Å². The quantitative estimate of drug-likeness (QED) is 0.336. The van der Waals surface area contributed by atoms with Crippen molar-refractivity contribution in [3.63, 3.8) is 0 Å². The molecule has 1 unspecified atom stereocenters. The molecule has 2 aromatic carbocycles. The van der Waals surface area contributed by atoms with E-state index in [2.05, 4.69) is 76.0 Å². The Balaban J connectivity index is 0.00000300. The molecule has 1 fully saturated rings. The Labute approximate surface area is 192 Å². The molecule has 0 aromatic heterocycles. The minimum absolute atomic E-state index is 0. The highest BCUT2D eigenvalue weighted by atomic mass is 127. The number of anilines is 1. The minimum Gasteiger partial charge on any atom is -0.377 e. The van der Waals surface area contributed by atoms with Crippen molar-refractivity contribution in [2.75, 3.05) is 31.6 Å². The second-order valence-electron chi connectivity index (χ2n) is 7.29. The standard InChI is InChI=1S/C23H32N4O.HI/c1-4-28-17-20-9-7-19(8-10-20)15-25-23(24-3)26-21-13-14-27(16-21)22-11-5-18(2)6-12-22;/h5-12,21H,4,13-17H2,1-3H3,(H2,24,25,26);1H. The van der Waals surface area contributed by atoms with Gasteiger partial charge < -0.3 is 20.3 Å². The summed E-state index contributed by atoms with van der Waals surface area (Å²) in [5.74, 6) is 0.856. The Kier molecular flexibility index (Phi) is 9.73. The van der Waals surface area contributed by atoms with Gasteiger partial charge in [-0.1, -0.05) is 42.0 Å². The third-order valence-corrected chi connectivity index (χ3v) is 5.11. The molecule has 1 atom stereocenters. The van der Waals surface area contributed by atoms with Crippen LogP contribution in [0.15, 0.2) is 53.5 Å². The molecule has 1 heterocycles. The van der Waals surface area contributed by atoms with E-state index in [1.54, 1.807) is 0 Å². The Bertz CT molecular complexity index is 761. The molecule has 158 valence electrons. The molecule has 1 saturated heterocycles. The molecule has 29 heavy (non-hydrogen) atoms. The minimum atomic E-state index is 0.